The first-order valence-electron chi connectivity index (χ1n) is 9.21. The Morgan fingerprint density at radius 1 is 1.26 bits per heavy atom. The summed E-state index contributed by atoms with van der Waals surface area (Å²) in [6.45, 7) is 4.39. The summed E-state index contributed by atoms with van der Waals surface area (Å²) in [5.74, 6) is 2.86. The molecule has 1 N–H and O–H groups in total. The molecule has 1 fully saturated rings. The van der Waals surface area contributed by atoms with Gasteiger partial charge >= 0.3 is 0 Å². The number of nitriles is 1. The minimum atomic E-state index is -0.0324. The molecule has 1 aromatic heterocycles. The Labute approximate surface area is 164 Å². The number of anilines is 2. The van der Waals surface area contributed by atoms with E-state index in [1.54, 1.807) is 30.1 Å². The van der Waals surface area contributed by atoms with Crippen LogP contribution < -0.4 is 10.2 Å². The van der Waals surface area contributed by atoms with Gasteiger partial charge in [0.15, 0.2) is 0 Å². The van der Waals surface area contributed by atoms with Crippen molar-refractivity contribution in [1.82, 2.24) is 4.98 Å². The van der Waals surface area contributed by atoms with E-state index in [4.69, 9.17) is 5.26 Å². The molecule has 0 saturated carbocycles. The minimum Gasteiger partial charge on any atom is -0.357 e. The quantitative estimate of drug-likeness (QED) is 0.818. The molecule has 0 unspecified atom stereocenters. The molecule has 5 nitrogen and oxygen atoms in total. The highest BCUT2D eigenvalue weighted by atomic mass is 32.2. The highest BCUT2D eigenvalue weighted by Crippen LogP contribution is 2.22. The van der Waals surface area contributed by atoms with Crippen molar-refractivity contribution in [3.05, 3.63) is 53.7 Å². The van der Waals surface area contributed by atoms with Crippen molar-refractivity contribution in [2.24, 2.45) is 5.92 Å². The number of rotatable bonds is 6. The van der Waals surface area contributed by atoms with Gasteiger partial charge in [0.1, 0.15) is 5.82 Å². The zero-order valence-electron chi connectivity index (χ0n) is 15.5. The number of aromatic nitrogens is 1. The van der Waals surface area contributed by atoms with Crippen molar-refractivity contribution in [2.45, 2.75) is 25.5 Å². The molecule has 1 aliphatic rings. The number of amides is 1. The van der Waals surface area contributed by atoms with Crippen LogP contribution in [0.5, 0.6) is 0 Å². The molecule has 140 valence electrons. The Hall–Kier alpha value is -2.52. The van der Waals surface area contributed by atoms with E-state index in [1.165, 1.54) is 12.8 Å². The van der Waals surface area contributed by atoms with Crippen molar-refractivity contribution < 1.29 is 4.79 Å². The van der Waals surface area contributed by atoms with Gasteiger partial charge in [0.05, 0.1) is 29.3 Å². The summed E-state index contributed by atoms with van der Waals surface area (Å²) in [5.41, 5.74) is 2.48. The molecule has 1 aliphatic heterocycles. The smallest absolute Gasteiger partial charge is 0.234 e. The van der Waals surface area contributed by atoms with Crippen molar-refractivity contribution in [3.8, 4) is 6.07 Å². The average molecular weight is 381 g/mol. The fourth-order valence-corrected chi connectivity index (χ4v) is 3.81. The maximum atomic E-state index is 12.1. The molecule has 1 saturated heterocycles. The van der Waals surface area contributed by atoms with Gasteiger partial charge < -0.3 is 10.2 Å². The van der Waals surface area contributed by atoms with Crippen LogP contribution in [0.1, 0.15) is 30.9 Å². The molecule has 0 bridgehead atoms. The number of piperidine rings is 1. The van der Waals surface area contributed by atoms with E-state index < -0.39 is 0 Å². The van der Waals surface area contributed by atoms with Crippen LogP contribution in [0.2, 0.25) is 0 Å². The Morgan fingerprint density at radius 3 is 2.63 bits per heavy atom. The number of nitrogens with one attached hydrogen (secondary N) is 1. The van der Waals surface area contributed by atoms with Crippen LogP contribution in [0.25, 0.3) is 0 Å². The average Bonchev–Trinajstić information content (AvgIpc) is 2.70. The van der Waals surface area contributed by atoms with Crippen LogP contribution in [-0.2, 0) is 10.5 Å². The highest BCUT2D eigenvalue weighted by molar-refractivity contribution is 7.99. The lowest BCUT2D eigenvalue weighted by Crippen LogP contribution is -2.33. The van der Waals surface area contributed by atoms with Gasteiger partial charge in [-0.05, 0) is 48.6 Å². The van der Waals surface area contributed by atoms with Crippen molar-refractivity contribution in [3.63, 3.8) is 0 Å². The molecule has 2 heterocycles. The number of hydrogen-bond acceptors (Lipinski definition) is 5. The number of carbonyl (C=O) groups excluding carboxylic acids is 1. The van der Waals surface area contributed by atoms with Gasteiger partial charge in [-0.2, -0.15) is 5.26 Å². The maximum Gasteiger partial charge on any atom is 0.234 e. The van der Waals surface area contributed by atoms with Crippen molar-refractivity contribution in [2.75, 3.05) is 29.1 Å². The molecular weight excluding hydrogens is 356 g/mol. The Kier molecular flexibility index (Phi) is 6.72. The Bertz CT molecular complexity index is 790. The molecular formula is C21H24N4OS. The molecule has 6 heteroatoms. The zero-order chi connectivity index (χ0) is 19.1. The van der Waals surface area contributed by atoms with E-state index >= 15 is 0 Å². The third-order valence-electron chi connectivity index (χ3n) is 4.72. The summed E-state index contributed by atoms with van der Waals surface area (Å²) in [5, 5.41) is 11.7. The fraction of sp³-hybridized carbons (Fsp3) is 0.381. The standard InChI is InChI=1S/C21H24N4OS/c1-16-8-10-25(11-9-16)20-7-6-19(13-23-20)24-21(26)15-27-14-18-4-2-17(12-22)3-5-18/h2-7,13,16H,8-11,14-15H2,1H3,(H,24,26). The Morgan fingerprint density at radius 2 is 2.00 bits per heavy atom. The first kappa shape index (κ1) is 19.2. The second-order valence-electron chi connectivity index (χ2n) is 6.92. The number of thioether (sulfide) groups is 1. The van der Waals surface area contributed by atoms with Gasteiger partial charge in [0.25, 0.3) is 0 Å². The van der Waals surface area contributed by atoms with Gasteiger partial charge in [0, 0.05) is 18.8 Å². The van der Waals surface area contributed by atoms with Gasteiger partial charge in [-0.1, -0.05) is 19.1 Å². The highest BCUT2D eigenvalue weighted by Gasteiger charge is 2.16. The van der Waals surface area contributed by atoms with Crippen LogP contribution in [-0.4, -0.2) is 29.7 Å². The predicted octanol–water partition coefficient (Wildman–Crippen LogP) is 4.06. The third-order valence-corrected chi connectivity index (χ3v) is 5.73. The number of pyridine rings is 1. The van der Waals surface area contributed by atoms with Crippen LogP contribution in [0.15, 0.2) is 42.6 Å². The lowest BCUT2D eigenvalue weighted by Gasteiger charge is -2.31. The lowest BCUT2D eigenvalue weighted by molar-refractivity contribution is -0.113. The zero-order valence-corrected chi connectivity index (χ0v) is 16.3. The number of benzene rings is 1. The van der Waals surface area contributed by atoms with Gasteiger partial charge in [-0.15, -0.1) is 11.8 Å². The van der Waals surface area contributed by atoms with E-state index in [1.807, 2.05) is 24.3 Å². The topological polar surface area (TPSA) is 69.0 Å². The number of nitrogens with zero attached hydrogens (tertiary/aromatic N) is 3. The summed E-state index contributed by atoms with van der Waals surface area (Å²) in [4.78, 5) is 18.9. The molecule has 0 radical (unpaired) electrons. The summed E-state index contributed by atoms with van der Waals surface area (Å²) in [7, 11) is 0. The summed E-state index contributed by atoms with van der Waals surface area (Å²) >= 11 is 1.55. The molecule has 27 heavy (non-hydrogen) atoms. The van der Waals surface area contributed by atoms with E-state index in [2.05, 4.69) is 28.2 Å². The van der Waals surface area contributed by atoms with Crippen LogP contribution in [0, 0.1) is 17.2 Å². The van der Waals surface area contributed by atoms with E-state index in [0.29, 0.717) is 11.3 Å². The Balaban J connectivity index is 1.43. The van der Waals surface area contributed by atoms with Crippen LogP contribution >= 0.6 is 11.8 Å². The largest absolute Gasteiger partial charge is 0.357 e. The van der Waals surface area contributed by atoms with Crippen molar-refractivity contribution in [1.29, 1.82) is 5.26 Å². The van der Waals surface area contributed by atoms with Gasteiger partial charge in [-0.3, -0.25) is 4.79 Å². The first-order chi connectivity index (χ1) is 13.1. The normalized spacial score (nSPS) is 14.6. The summed E-state index contributed by atoms with van der Waals surface area (Å²) in [6, 6.07) is 13.4. The molecule has 1 aromatic carbocycles. The monoisotopic (exact) mass is 380 g/mol. The third kappa shape index (κ3) is 5.73. The first-order valence-corrected chi connectivity index (χ1v) is 10.4. The van der Waals surface area contributed by atoms with Crippen LogP contribution in [0.4, 0.5) is 11.5 Å². The predicted molar refractivity (Wildman–Crippen MR) is 111 cm³/mol. The lowest BCUT2D eigenvalue weighted by atomic mass is 9.99. The molecule has 1 amide bonds. The number of carbonyl (C=O) groups is 1. The van der Waals surface area contributed by atoms with E-state index in [-0.39, 0.29) is 5.91 Å². The summed E-state index contributed by atoms with van der Waals surface area (Å²) < 4.78 is 0. The molecule has 0 spiro atoms. The van der Waals surface area contributed by atoms with Crippen LogP contribution in [0.3, 0.4) is 0 Å². The summed E-state index contributed by atoms with van der Waals surface area (Å²) in [6.07, 6.45) is 4.14. The minimum absolute atomic E-state index is 0.0324. The number of hydrogen-bond donors (Lipinski definition) is 1. The second-order valence-corrected chi connectivity index (χ2v) is 7.91. The van der Waals surface area contributed by atoms with Crippen molar-refractivity contribution >= 4 is 29.2 Å². The molecule has 3 rings (SSSR count). The van der Waals surface area contributed by atoms with Gasteiger partial charge in [0.2, 0.25) is 5.91 Å². The van der Waals surface area contributed by atoms with E-state index in [0.717, 1.165) is 41.8 Å². The second kappa shape index (κ2) is 9.43. The van der Waals surface area contributed by atoms with E-state index in [9.17, 15) is 4.79 Å². The fourth-order valence-electron chi connectivity index (χ4n) is 3.02. The molecule has 2 aromatic rings. The van der Waals surface area contributed by atoms with Gasteiger partial charge in [-0.25, -0.2) is 4.98 Å². The maximum absolute atomic E-state index is 12.1. The molecule has 0 aliphatic carbocycles. The SMILES string of the molecule is CC1CCN(c2ccc(NC(=O)CSCc3ccc(C#N)cc3)cn2)CC1. The molecule has 0 atom stereocenters.